The second-order valence-corrected chi connectivity index (χ2v) is 6.46. The minimum atomic E-state index is -0.286. The summed E-state index contributed by atoms with van der Waals surface area (Å²) in [7, 11) is 1.80. The Kier molecular flexibility index (Phi) is 4.02. The molecular formula is C19H19N5O3. The molecule has 0 radical (unpaired) electrons. The van der Waals surface area contributed by atoms with Crippen molar-refractivity contribution >= 4 is 33.7 Å². The Balaban J connectivity index is 1.49. The lowest BCUT2D eigenvalue weighted by molar-refractivity contribution is -0.118. The zero-order valence-corrected chi connectivity index (χ0v) is 15.5. The molecule has 0 fully saturated rings. The Bertz CT molecular complexity index is 1180. The molecule has 0 atom stereocenters. The minimum Gasteiger partial charge on any atom is -0.466 e. The number of hydrogen-bond acceptors (Lipinski definition) is 6. The van der Waals surface area contributed by atoms with E-state index in [1.807, 2.05) is 19.9 Å². The Morgan fingerprint density at radius 1 is 1.22 bits per heavy atom. The zero-order valence-electron chi connectivity index (χ0n) is 15.5. The standard InChI is InChI=1S/C19H19N5O3/c1-10-7-11(2)20-18-17(10)19(23-24(18)4)26-9-16(25)22-13-5-6-15-14(8-13)21-12(3)27-15/h5-8H,9H2,1-4H3,(H,22,25). The molecule has 0 unspecified atom stereocenters. The molecule has 3 heterocycles. The second-order valence-electron chi connectivity index (χ2n) is 6.46. The summed E-state index contributed by atoms with van der Waals surface area (Å²) in [5.74, 6) is 0.694. The summed E-state index contributed by atoms with van der Waals surface area (Å²) in [6.07, 6.45) is 0. The molecule has 138 valence electrons. The molecule has 0 spiro atoms. The van der Waals surface area contributed by atoms with Crippen molar-refractivity contribution in [3.8, 4) is 5.88 Å². The lowest BCUT2D eigenvalue weighted by Crippen LogP contribution is -2.20. The van der Waals surface area contributed by atoms with Crippen molar-refractivity contribution in [1.29, 1.82) is 0 Å². The Labute approximate surface area is 155 Å². The first-order valence-electron chi connectivity index (χ1n) is 8.51. The van der Waals surface area contributed by atoms with E-state index in [9.17, 15) is 4.79 Å². The molecule has 0 aliphatic carbocycles. The van der Waals surface area contributed by atoms with Gasteiger partial charge in [-0.1, -0.05) is 0 Å². The fourth-order valence-corrected chi connectivity index (χ4v) is 3.10. The van der Waals surface area contributed by atoms with Crippen LogP contribution in [-0.4, -0.2) is 32.3 Å². The first kappa shape index (κ1) is 17.0. The predicted molar refractivity (Wildman–Crippen MR) is 101 cm³/mol. The lowest BCUT2D eigenvalue weighted by Gasteiger charge is -2.06. The molecule has 1 amide bonds. The summed E-state index contributed by atoms with van der Waals surface area (Å²) in [5.41, 5.74) is 4.65. The number of anilines is 1. The van der Waals surface area contributed by atoms with Gasteiger partial charge in [-0.25, -0.2) is 14.6 Å². The number of ether oxygens (including phenoxy) is 1. The van der Waals surface area contributed by atoms with Crippen LogP contribution >= 0.6 is 0 Å². The normalized spacial score (nSPS) is 11.3. The summed E-state index contributed by atoms with van der Waals surface area (Å²) >= 11 is 0. The van der Waals surface area contributed by atoms with Gasteiger partial charge in [0.1, 0.15) is 5.52 Å². The molecule has 0 aliphatic heterocycles. The molecule has 3 aromatic heterocycles. The molecule has 8 heteroatoms. The van der Waals surface area contributed by atoms with Crippen molar-refractivity contribution in [3.05, 3.63) is 41.4 Å². The number of benzene rings is 1. The van der Waals surface area contributed by atoms with Gasteiger partial charge in [-0.15, -0.1) is 5.10 Å². The highest BCUT2D eigenvalue weighted by Crippen LogP contribution is 2.27. The molecule has 0 saturated heterocycles. The number of nitrogens with zero attached hydrogens (tertiary/aromatic N) is 4. The fourth-order valence-electron chi connectivity index (χ4n) is 3.10. The van der Waals surface area contributed by atoms with Crippen molar-refractivity contribution < 1.29 is 13.9 Å². The summed E-state index contributed by atoms with van der Waals surface area (Å²) in [6.45, 7) is 5.53. The molecule has 27 heavy (non-hydrogen) atoms. The number of fused-ring (bicyclic) bond motifs is 2. The smallest absolute Gasteiger partial charge is 0.262 e. The maximum Gasteiger partial charge on any atom is 0.262 e. The van der Waals surface area contributed by atoms with E-state index in [4.69, 9.17) is 9.15 Å². The fraction of sp³-hybridized carbons (Fsp3) is 0.263. The third kappa shape index (κ3) is 3.21. The summed E-state index contributed by atoms with van der Waals surface area (Å²) < 4.78 is 12.8. The molecule has 1 aromatic carbocycles. The van der Waals surface area contributed by atoms with Crippen LogP contribution in [0.3, 0.4) is 0 Å². The largest absolute Gasteiger partial charge is 0.466 e. The van der Waals surface area contributed by atoms with E-state index < -0.39 is 0 Å². The van der Waals surface area contributed by atoms with Gasteiger partial charge in [0.2, 0.25) is 5.88 Å². The number of aromatic nitrogens is 4. The van der Waals surface area contributed by atoms with Crippen molar-refractivity contribution in [3.63, 3.8) is 0 Å². The van der Waals surface area contributed by atoms with Crippen LogP contribution in [0.4, 0.5) is 5.69 Å². The van der Waals surface area contributed by atoms with Crippen LogP contribution < -0.4 is 10.1 Å². The van der Waals surface area contributed by atoms with Gasteiger partial charge >= 0.3 is 0 Å². The number of amides is 1. The van der Waals surface area contributed by atoms with Gasteiger partial charge in [0.15, 0.2) is 23.7 Å². The topological polar surface area (TPSA) is 95.1 Å². The van der Waals surface area contributed by atoms with Crippen LogP contribution in [0.25, 0.3) is 22.1 Å². The number of carbonyl (C=O) groups is 1. The SMILES string of the molecule is Cc1cc(C)c2c(OCC(=O)Nc3ccc4oc(C)nc4c3)nn(C)c2n1. The van der Waals surface area contributed by atoms with Gasteiger partial charge in [-0.3, -0.25) is 4.79 Å². The Morgan fingerprint density at radius 3 is 2.85 bits per heavy atom. The summed E-state index contributed by atoms with van der Waals surface area (Å²) in [6, 6.07) is 7.26. The zero-order chi connectivity index (χ0) is 19.1. The molecule has 4 rings (SSSR count). The number of aryl methyl sites for hydroxylation is 4. The third-order valence-electron chi connectivity index (χ3n) is 4.21. The average Bonchev–Trinajstić information content (AvgIpc) is 3.12. The quantitative estimate of drug-likeness (QED) is 0.597. The number of pyridine rings is 1. The van der Waals surface area contributed by atoms with E-state index in [1.165, 1.54) is 0 Å². The van der Waals surface area contributed by atoms with Crippen LogP contribution in [-0.2, 0) is 11.8 Å². The van der Waals surface area contributed by atoms with E-state index in [-0.39, 0.29) is 12.5 Å². The van der Waals surface area contributed by atoms with Crippen LogP contribution in [0.2, 0.25) is 0 Å². The molecular weight excluding hydrogens is 346 g/mol. The second kappa shape index (κ2) is 6.39. The van der Waals surface area contributed by atoms with Gasteiger partial charge < -0.3 is 14.5 Å². The number of carbonyl (C=O) groups excluding carboxylic acids is 1. The maximum atomic E-state index is 12.3. The van der Waals surface area contributed by atoms with Gasteiger partial charge in [-0.2, -0.15) is 0 Å². The van der Waals surface area contributed by atoms with Crippen molar-refractivity contribution in [2.45, 2.75) is 20.8 Å². The molecule has 8 nitrogen and oxygen atoms in total. The maximum absolute atomic E-state index is 12.3. The van der Waals surface area contributed by atoms with Crippen LogP contribution in [0, 0.1) is 20.8 Å². The molecule has 1 N–H and O–H groups in total. The van der Waals surface area contributed by atoms with Crippen molar-refractivity contribution in [2.24, 2.45) is 7.05 Å². The number of nitrogens with one attached hydrogen (secondary N) is 1. The van der Waals surface area contributed by atoms with Gasteiger partial charge in [-0.05, 0) is 43.7 Å². The van der Waals surface area contributed by atoms with Gasteiger partial charge in [0, 0.05) is 25.4 Å². The van der Waals surface area contributed by atoms with Crippen LogP contribution in [0.1, 0.15) is 17.1 Å². The van der Waals surface area contributed by atoms with E-state index in [1.54, 1.807) is 36.9 Å². The van der Waals surface area contributed by atoms with Gasteiger partial charge in [0.25, 0.3) is 5.91 Å². The van der Waals surface area contributed by atoms with E-state index in [2.05, 4.69) is 20.4 Å². The van der Waals surface area contributed by atoms with E-state index in [0.717, 1.165) is 22.3 Å². The number of oxazole rings is 1. The minimum absolute atomic E-state index is 0.157. The average molecular weight is 365 g/mol. The molecule has 4 aromatic rings. The lowest BCUT2D eigenvalue weighted by atomic mass is 10.2. The number of hydrogen-bond donors (Lipinski definition) is 1. The Morgan fingerprint density at radius 2 is 2.04 bits per heavy atom. The monoisotopic (exact) mass is 365 g/mol. The first-order chi connectivity index (χ1) is 12.9. The Hall–Kier alpha value is -3.42. The molecule has 0 bridgehead atoms. The van der Waals surface area contributed by atoms with E-state index in [0.29, 0.717) is 28.6 Å². The highest BCUT2D eigenvalue weighted by atomic mass is 16.5. The van der Waals surface area contributed by atoms with Crippen LogP contribution in [0.15, 0.2) is 28.7 Å². The van der Waals surface area contributed by atoms with E-state index >= 15 is 0 Å². The van der Waals surface area contributed by atoms with Crippen molar-refractivity contribution in [1.82, 2.24) is 19.7 Å². The predicted octanol–water partition coefficient (Wildman–Crippen LogP) is 3.05. The summed E-state index contributed by atoms with van der Waals surface area (Å²) in [5, 5.41) is 7.96. The van der Waals surface area contributed by atoms with Crippen molar-refractivity contribution in [2.75, 3.05) is 11.9 Å². The van der Waals surface area contributed by atoms with Crippen LogP contribution in [0.5, 0.6) is 5.88 Å². The number of rotatable bonds is 4. The first-order valence-corrected chi connectivity index (χ1v) is 8.51. The third-order valence-corrected chi connectivity index (χ3v) is 4.21. The summed E-state index contributed by atoms with van der Waals surface area (Å²) in [4.78, 5) is 21.0. The molecule has 0 aliphatic rings. The molecule has 0 saturated carbocycles. The highest BCUT2D eigenvalue weighted by molar-refractivity contribution is 5.94. The van der Waals surface area contributed by atoms with Gasteiger partial charge in [0.05, 0.1) is 5.39 Å². The highest BCUT2D eigenvalue weighted by Gasteiger charge is 2.16.